The monoisotopic (exact) mass is 279 g/mol. The van der Waals surface area contributed by atoms with Gasteiger partial charge in [0.25, 0.3) is 5.91 Å². The average molecular weight is 279 g/mol. The van der Waals surface area contributed by atoms with Gasteiger partial charge in [0.1, 0.15) is 5.82 Å². The van der Waals surface area contributed by atoms with Gasteiger partial charge in [-0.25, -0.2) is 10.8 Å². The molecule has 3 rings (SSSR count). The van der Waals surface area contributed by atoms with Crippen LogP contribution in [0.5, 0.6) is 0 Å². The van der Waals surface area contributed by atoms with Crippen molar-refractivity contribution >= 4 is 28.3 Å². The van der Waals surface area contributed by atoms with E-state index in [-0.39, 0.29) is 5.91 Å². The molecule has 3 aromatic rings. The normalized spacial score (nSPS) is 10.3. The van der Waals surface area contributed by atoms with Gasteiger partial charge in [-0.1, -0.05) is 18.2 Å². The summed E-state index contributed by atoms with van der Waals surface area (Å²) in [5.74, 6) is 5.46. The van der Waals surface area contributed by atoms with Gasteiger partial charge in [-0.05, 0) is 24.3 Å². The molecule has 0 spiro atoms. The summed E-state index contributed by atoms with van der Waals surface area (Å²) < 4.78 is 0. The molecule has 21 heavy (non-hydrogen) atoms. The number of hydrogen-bond donors (Lipinski definition) is 3. The molecule has 0 radical (unpaired) electrons. The molecule has 4 N–H and O–H groups in total. The number of nitrogens with two attached hydrogens (primary N) is 1. The van der Waals surface area contributed by atoms with E-state index in [2.05, 4.69) is 20.7 Å². The maximum atomic E-state index is 12.2. The van der Waals surface area contributed by atoms with Crippen LogP contribution < -0.4 is 16.6 Å². The molecular weight excluding hydrogens is 266 g/mol. The molecule has 0 aliphatic carbocycles. The van der Waals surface area contributed by atoms with Gasteiger partial charge in [-0.3, -0.25) is 9.78 Å². The fourth-order valence-electron chi connectivity index (χ4n) is 1.99. The van der Waals surface area contributed by atoms with Gasteiger partial charge in [0.2, 0.25) is 0 Å². The number of rotatable bonds is 3. The summed E-state index contributed by atoms with van der Waals surface area (Å²) in [5, 5.41) is 3.77. The predicted octanol–water partition coefficient (Wildman–Crippen LogP) is 2.17. The van der Waals surface area contributed by atoms with E-state index < -0.39 is 0 Å². The summed E-state index contributed by atoms with van der Waals surface area (Å²) in [5.41, 5.74) is 4.39. The van der Waals surface area contributed by atoms with Gasteiger partial charge in [0.05, 0.1) is 17.4 Å². The zero-order chi connectivity index (χ0) is 14.7. The number of pyridine rings is 2. The van der Waals surface area contributed by atoms with E-state index in [0.717, 1.165) is 10.9 Å². The van der Waals surface area contributed by atoms with E-state index in [4.69, 9.17) is 5.84 Å². The topological polar surface area (TPSA) is 92.9 Å². The quantitative estimate of drug-likeness (QED) is 0.504. The zero-order valence-electron chi connectivity index (χ0n) is 11.1. The van der Waals surface area contributed by atoms with Crippen LogP contribution in [0.1, 0.15) is 10.4 Å². The fourth-order valence-corrected chi connectivity index (χ4v) is 1.99. The summed E-state index contributed by atoms with van der Waals surface area (Å²) >= 11 is 0. The lowest BCUT2D eigenvalue weighted by Gasteiger charge is -2.07. The molecule has 0 saturated carbocycles. The number of para-hydroxylation sites is 1. The number of carbonyl (C=O) groups excluding carboxylic acids is 1. The van der Waals surface area contributed by atoms with E-state index in [1.807, 2.05) is 30.3 Å². The third kappa shape index (κ3) is 2.80. The first-order valence-electron chi connectivity index (χ1n) is 6.35. The van der Waals surface area contributed by atoms with Crippen LogP contribution in [-0.4, -0.2) is 15.9 Å². The highest BCUT2D eigenvalue weighted by molar-refractivity contribution is 6.05. The standard InChI is InChI=1S/C15H13N5O/c16-20-14-8-11(5-6-17-14)15(21)19-12-7-10-3-1-2-4-13(10)18-9-12/h1-9H,16H2,(H,17,20)(H,19,21). The van der Waals surface area contributed by atoms with Crippen molar-refractivity contribution in [2.75, 3.05) is 10.7 Å². The van der Waals surface area contributed by atoms with Gasteiger partial charge in [-0.2, -0.15) is 0 Å². The van der Waals surface area contributed by atoms with Gasteiger partial charge in [-0.15, -0.1) is 0 Å². The number of carbonyl (C=O) groups is 1. The van der Waals surface area contributed by atoms with Crippen molar-refractivity contribution < 1.29 is 4.79 Å². The van der Waals surface area contributed by atoms with Crippen LogP contribution >= 0.6 is 0 Å². The maximum Gasteiger partial charge on any atom is 0.255 e. The number of nitrogens with zero attached hydrogens (tertiary/aromatic N) is 2. The Kier molecular flexibility index (Phi) is 3.44. The highest BCUT2D eigenvalue weighted by Crippen LogP contribution is 2.17. The van der Waals surface area contributed by atoms with E-state index in [1.165, 1.54) is 6.20 Å². The van der Waals surface area contributed by atoms with Crippen molar-refractivity contribution in [3.05, 3.63) is 60.4 Å². The van der Waals surface area contributed by atoms with Gasteiger partial charge < -0.3 is 10.7 Å². The molecule has 0 atom stereocenters. The van der Waals surface area contributed by atoms with Crippen molar-refractivity contribution in [1.82, 2.24) is 9.97 Å². The minimum Gasteiger partial charge on any atom is -0.321 e. The maximum absolute atomic E-state index is 12.2. The summed E-state index contributed by atoms with van der Waals surface area (Å²) in [6, 6.07) is 12.8. The Morgan fingerprint density at radius 3 is 2.81 bits per heavy atom. The third-order valence-corrected chi connectivity index (χ3v) is 3.02. The van der Waals surface area contributed by atoms with Gasteiger partial charge in [0.15, 0.2) is 0 Å². The Bertz CT molecular complexity index is 803. The lowest BCUT2D eigenvalue weighted by atomic mass is 10.2. The Morgan fingerprint density at radius 2 is 1.95 bits per heavy atom. The molecule has 1 amide bonds. The molecule has 6 nitrogen and oxygen atoms in total. The first-order chi connectivity index (χ1) is 10.3. The molecule has 0 saturated heterocycles. The lowest BCUT2D eigenvalue weighted by molar-refractivity contribution is 0.102. The molecule has 1 aromatic carbocycles. The second-order valence-electron chi connectivity index (χ2n) is 4.44. The summed E-state index contributed by atoms with van der Waals surface area (Å²) in [4.78, 5) is 20.4. The van der Waals surface area contributed by atoms with Crippen LogP contribution in [0.3, 0.4) is 0 Å². The number of fused-ring (bicyclic) bond motifs is 1. The highest BCUT2D eigenvalue weighted by atomic mass is 16.1. The Labute approximate surface area is 121 Å². The fraction of sp³-hybridized carbons (Fsp3) is 0. The number of amides is 1. The molecule has 0 fully saturated rings. The first-order valence-corrected chi connectivity index (χ1v) is 6.35. The van der Waals surface area contributed by atoms with Crippen molar-refractivity contribution in [1.29, 1.82) is 0 Å². The molecule has 104 valence electrons. The second kappa shape index (κ2) is 5.56. The molecule has 0 aliphatic rings. The van der Waals surface area contributed by atoms with E-state index in [0.29, 0.717) is 17.1 Å². The summed E-state index contributed by atoms with van der Waals surface area (Å²) in [6.07, 6.45) is 3.15. The van der Waals surface area contributed by atoms with Gasteiger partial charge >= 0.3 is 0 Å². The molecule has 2 aromatic heterocycles. The number of nitrogens with one attached hydrogen (secondary N) is 2. The summed E-state index contributed by atoms with van der Waals surface area (Å²) in [7, 11) is 0. The summed E-state index contributed by atoms with van der Waals surface area (Å²) in [6.45, 7) is 0. The van der Waals surface area contributed by atoms with E-state index in [9.17, 15) is 4.79 Å². The average Bonchev–Trinajstić information content (AvgIpc) is 2.54. The zero-order valence-corrected chi connectivity index (χ0v) is 11.1. The largest absolute Gasteiger partial charge is 0.321 e. The first kappa shape index (κ1) is 13.0. The smallest absolute Gasteiger partial charge is 0.255 e. The van der Waals surface area contributed by atoms with Crippen molar-refractivity contribution in [3.63, 3.8) is 0 Å². The Morgan fingerprint density at radius 1 is 1.10 bits per heavy atom. The molecule has 0 bridgehead atoms. The Hall–Kier alpha value is -2.99. The molecule has 6 heteroatoms. The number of nitrogen functional groups attached to an aromatic ring is 1. The van der Waals surface area contributed by atoms with Gasteiger partial charge in [0, 0.05) is 17.1 Å². The van der Waals surface area contributed by atoms with Crippen LogP contribution in [0.15, 0.2) is 54.9 Å². The number of anilines is 2. The molecule has 0 aliphatic heterocycles. The van der Waals surface area contributed by atoms with E-state index >= 15 is 0 Å². The number of aromatic nitrogens is 2. The second-order valence-corrected chi connectivity index (χ2v) is 4.44. The van der Waals surface area contributed by atoms with Crippen LogP contribution in [0, 0.1) is 0 Å². The van der Waals surface area contributed by atoms with E-state index in [1.54, 1.807) is 18.3 Å². The number of benzene rings is 1. The van der Waals surface area contributed by atoms with Crippen molar-refractivity contribution in [3.8, 4) is 0 Å². The number of hydrogen-bond acceptors (Lipinski definition) is 5. The minimum absolute atomic E-state index is 0.244. The predicted molar refractivity (Wildman–Crippen MR) is 81.7 cm³/mol. The SMILES string of the molecule is NNc1cc(C(=O)Nc2cnc3ccccc3c2)ccn1. The van der Waals surface area contributed by atoms with Crippen molar-refractivity contribution in [2.45, 2.75) is 0 Å². The van der Waals surface area contributed by atoms with Crippen LogP contribution in [0.2, 0.25) is 0 Å². The minimum atomic E-state index is -0.244. The third-order valence-electron chi connectivity index (χ3n) is 3.02. The van der Waals surface area contributed by atoms with Crippen LogP contribution in [-0.2, 0) is 0 Å². The molecule has 2 heterocycles. The van der Waals surface area contributed by atoms with Crippen LogP contribution in [0.25, 0.3) is 10.9 Å². The Balaban J connectivity index is 1.85. The highest BCUT2D eigenvalue weighted by Gasteiger charge is 2.08. The van der Waals surface area contributed by atoms with Crippen LogP contribution in [0.4, 0.5) is 11.5 Å². The number of hydrazine groups is 1. The lowest BCUT2D eigenvalue weighted by Crippen LogP contribution is -2.14. The molecular formula is C15H13N5O. The van der Waals surface area contributed by atoms with Crippen molar-refractivity contribution in [2.24, 2.45) is 5.84 Å². The molecule has 0 unspecified atom stereocenters.